The maximum atomic E-state index is 11.4. The van der Waals surface area contributed by atoms with Crippen LogP contribution in [0.1, 0.15) is 0 Å². The Kier molecular flexibility index (Phi) is 4.62. The van der Waals surface area contributed by atoms with Crippen LogP contribution in [-0.2, 0) is 13.6 Å². The van der Waals surface area contributed by atoms with Crippen LogP contribution in [0.4, 0.5) is 0 Å². The van der Waals surface area contributed by atoms with E-state index in [1.807, 2.05) is 0 Å². The van der Waals surface area contributed by atoms with Gasteiger partial charge in [-0.3, -0.25) is 24.2 Å². The van der Waals surface area contributed by atoms with Crippen molar-refractivity contribution in [2.75, 3.05) is 24.6 Å². The Morgan fingerprint density at radius 2 is 1.57 bits per heavy atom. The Balaban J connectivity index is 1.66. The van der Waals surface area contributed by atoms with Gasteiger partial charge in [-0.2, -0.15) is 0 Å². The van der Waals surface area contributed by atoms with Gasteiger partial charge in [-0.1, -0.05) is 0 Å². The van der Waals surface area contributed by atoms with Gasteiger partial charge in [0, 0.05) is 24.6 Å². The Bertz CT molecular complexity index is 189. The average Bonchev–Trinajstić information content (AvgIpc) is 2.76. The minimum Gasteiger partial charge on any atom is -0.282 e. The summed E-state index contributed by atoms with van der Waals surface area (Å²) in [6.07, 6.45) is 0. The topological polar surface area (TPSA) is 59.6 Å². The van der Waals surface area contributed by atoms with Crippen LogP contribution < -0.4 is 10.6 Å². The molecule has 0 spiro atoms. The van der Waals surface area contributed by atoms with Crippen molar-refractivity contribution in [2.24, 2.45) is 0 Å². The normalized spacial score (nSPS) is 34.9. The lowest BCUT2D eigenvalue weighted by molar-refractivity contribution is 0.180. The van der Waals surface area contributed by atoms with Crippen LogP contribution >= 0.6 is 31.8 Å². The van der Waals surface area contributed by atoms with Gasteiger partial charge in [0.2, 0.25) is 0 Å². The summed E-state index contributed by atoms with van der Waals surface area (Å²) in [5, 5.41) is 6.14. The zero-order valence-electron chi connectivity index (χ0n) is 7.52. The third-order valence-electron chi connectivity index (χ3n) is 1.77. The van der Waals surface area contributed by atoms with Crippen LogP contribution in [0.15, 0.2) is 0 Å². The Hall–Kier alpha value is 0.770. The van der Waals surface area contributed by atoms with Gasteiger partial charge in [-0.15, -0.1) is 23.5 Å². The van der Waals surface area contributed by atoms with E-state index in [1.165, 1.54) is 0 Å². The van der Waals surface area contributed by atoms with Crippen LogP contribution in [0.25, 0.3) is 0 Å². The standard InChI is InChI=1S/C6H13N2O3PS2/c9-12(10-5-7-1-3-13-5)11-6-8-2-4-14-6/h5-8,12H,1-4H2. The van der Waals surface area contributed by atoms with Gasteiger partial charge in [0.15, 0.2) is 11.1 Å². The second-order valence-corrected chi connectivity index (χ2v) is 6.11. The minimum absolute atomic E-state index is 0.159. The first-order valence-corrected chi connectivity index (χ1v) is 7.74. The fraction of sp³-hybridized carbons (Fsp3) is 1.00. The van der Waals surface area contributed by atoms with E-state index in [4.69, 9.17) is 9.05 Å². The van der Waals surface area contributed by atoms with Gasteiger partial charge in [-0.05, 0) is 0 Å². The predicted octanol–water partition coefficient (Wildman–Crippen LogP) is 0.649. The molecule has 2 rings (SSSR count). The van der Waals surface area contributed by atoms with Gasteiger partial charge < -0.3 is 0 Å². The largest absolute Gasteiger partial charge is 0.323 e. The van der Waals surface area contributed by atoms with E-state index in [-0.39, 0.29) is 11.1 Å². The van der Waals surface area contributed by atoms with Crippen molar-refractivity contribution >= 4 is 31.8 Å². The zero-order valence-corrected chi connectivity index (χ0v) is 10.2. The lowest BCUT2D eigenvalue weighted by Crippen LogP contribution is -2.23. The third kappa shape index (κ3) is 3.41. The molecule has 0 aromatic heterocycles. The quantitative estimate of drug-likeness (QED) is 0.716. The Morgan fingerprint density at radius 1 is 1.07 bits per heavy atom. The molecule has 0 bridgehead atoms. The molecular weight excluding hydrogens is 243 g/mol. The minimum atomic E-state index is -2.37. The number of rotatable bonds is 4. The lowest BCUT2D eigenvalue weighted by Gasteiger charge is -2.13. The molecule has 8 heteroatoms. The molecule has 2 aliphatic rings. The Labute approximate surface area is 92.0 Å². The first-order valence-electron chi connectivity index (χ1n) is 4.42. The van der Waals surface area contributed by atoms with Crippen LogP contribution in [0.2, 0.25) is 0 Å². The van der Waals surface area contributed by atoms with Crippen molar-refractivity contribution in [3.63, 3.8) is 0 Å². The molecule has 0 aromatic rings. The van der Waals surface area contributed by atoms with Crippen LogP contribution in [0.5, 0.6) is 0 Å². The Morgan fingerprint density at radius 3 is 1.93 bits per heavy atom. The molecule has 2 fully saturated rings. The molecule has 2 aliphatic heterocycles. The SMILES string of the molecule is O=[PH](OC1NCCS1)OC1NCCS1. The molecule has 0 amide bonds. The molecule has 0 aliphatic carbocycles. The van der Waals surface area contributed by atoms with Gasteiger partial charge in [0.1, 0.15) is 0 Å². The van der Waals surface area contributed by atoms with E-state index < -0.39 is 8.25 Å². The summed E-state index contributed by atoms with van der Waals surface area (Å²) < 4.78 is 21.8. The van der Waals surface area contributed by atoms with Gasteiger partial charge in [0.05, 0.1) is 0 Å². The number of hydrogen-bond acceptors (Lipinski definition) is 7. The lowest BCUT2D eigenvalue weighted by atomic mass is 10.8. The highest BCUT2D eigenvalue weighted by molar-refractivity contribution is 8.00. The molecule has 5 nitrogen and oxygen atoms in total. The van der Waals surface area contributed by atoms with Crippen molar-refractivity contribution in [1.82, 2.24) is 10.6 Å². The summed E-state index contributed by atoms with van der Waals surface area (Å²) in [5.74, 6) is 1.99. The van der Waals surface area contributed by atoms with E-state index in [1.54, 1.807) is 23.5 Å². The van der Waals surface area contributed by atoms with Crippen LogP contribution in [0, 0.1) is 0 Å². The number of thioether (sulfide) groups is 2. The molecule has 2 unspecified atom stereocenters. The molecule has 82 valence electrons. The van der Waals surface area contributed by atoms with E-state index in [2.05, 4.69) is 10.6 Å². The van der Waals surface area contributed by atoms with E-state index >= 15 is 0 Å². The highest BCUT2D eigenvalue weighted by atomic mass is 32.2. The van der Waals surface area contributed by atoms with Gasteiger partial charge >= 0.3 is 8.25 Å². The molecule has 2 N–H and O–H groups in total. The monoisotopic (exact) mass is 256 g/mol. The van der Waals surface area contributed by atoms with E-state index in [0.717, 1.165) is 24.6 Å². The predicted molar refractivity (Wildman–Crippen MR) is 59.7 cm³/mol. The summed E-state index contributed by atoms with van der Waals surface area (Å²) in [7, 11) is -2.37. The van der Waals surface area contributed by atoms with Crippen molar-refractivity contribution in [3.8, 4) is 0 Å². The van der Waals surface area contributed by atoms with Crippen molar-refractivity contribution in [3.05, 3.63) is 0 Å². The number of nitrogens with one attached hydrogen (secondary N) is 2. The fourth-order valence-electron chi connectivity index (χ4n) is 1.16. The van der Waals surface area contributed by atoms with Crippen LogP contribution in [-0.4, -0.2) is 35.7 Å². The molecule has 0 radical (unpaired) electrons. The summed E-state index contributed by atoms with van der Waals surface area (Å²) in [6.45, 7) is 1.81. The summed E-state index contributed by atoms with van der Waals surface area (Å²) in [5.41, 5.74) is -0.319. The van der Waals surface area contributed by atoms with Gasteiger partial charge in [0.25, 0.3) is 0 Å². The zero-order chi connectivity index (χ0) is 9.80. The average molecular weight is 256 g/mol. The molecule has 0 saturated carbocycles. The third-order valence-corrected chi connectivity index (χ3v) is 4.98. The fourth-order valence-corrected chi connectivity index (χ4v) is 4.12. The molecule has 2 saturated heterocycles. The van der Waals surface area contributed by atoms with Crippen molar-refractivity contribution in [2.45, 2.75) is 11.1 Å². The highest BCUT2D eigenvalue weighted by Gasteiger charge is 2.22. The molecule has 14 heavy (non-hydrogen) atoms. The first kappa shape index (κ1) is 11.3. The highest BCUT2D eigenvalue weighted by Crippen LogP contribution is 2.34. The first-order chi connectivity index (χ1) is 6.84. The van der Waals surface area contributed by atoms with E-state index in [0.29, 0.717) is 0 Å². The second kappa shape index (κ2) is 5.75. The second-order valence-electron chi connectivity index (χ2n) is 2.80. The van der Waals surface area contributed by atoms with Crippen LogP contribution in [0.3, 0.4) is 0 Å². The summed E-state index contributed by atoms with van der Waals surface area (Å²) in [4.78, 5) is 0. The smallest absolute Gasteiger partial charge is 0.282 e. The van der Waals surface area contributed by atoms with Crippen molar-refractivity contribution in [1.29, 1.82) is 0 Å². The van der Waals surface area contributed by atoms with Gasteiger partial charge in [-0.25, -0.2) is 0 Å². The summed E-state index contributed by atoms with van der Waals surface area (Å²) >= 11 is 3.23. The number of hydrogen-bond donors (Lipinski definition) is 2. The molecular formula is C6H13N2O3PS2. The maximum Gasteiger partial charge on any atom is 0.323 e. The van der Waals surface area contributed by atoms with Crippen molar-refractivity contribution < 1.29 is 13.6 Å². The van der Waals surface area contributed by atoms with E-state index in [9.17, 15) is 4.57 Å². The molecule has 2 heterocycles. The summed E-state index contributed by atoms with van der Waals surface area (Å²) in [6, 6.07) is 0. The maximum absolute atomic E-state index is 11.4. The molecule has 2 atom stereocenters. The molecule has 0 aromatic carbocycles.